The van der Waals surface area contributed by atoms with E-state index in [1.807, 2.05) is 34.1 Å². The molecule has 0 bridgehead atoms. The van der Waals surface area contributed by atoms with Crippen LogP contribution in [0, 0.1) is 11.8 Å². The van der Waals surface area contributed by atoms with Crippen molar-refractivity contribution < 1.29 is 14.3 Å². The van der Waals surface area contributed by atoms with Crippen molar-refractivity contribution in [2.75, 3.05) is 40.3 Å². The van der Waals surface area contributed by atoms with Crippen LogP contribution in [0.4, 0.5) is 4.79 Å². The molecule has 2 saturated heterocycles. The van der Waals surface area contributed by atoms with E-state index in [0.29, 0.717) is 18.3 Å². The Morgan fingerprint density at radius 1 is 1.11 bits per heavy atom. The van der Waals surface area contributed by atoms with E-state index in [1.165, 1.54) is 0 Å². The molecule has 0 aliphatic carbocycles. The second kappa shape index (κ2) is 9.11. The minimum atomic E-state index is 0.0224. The second-order valence-electron chi connectivity index (χ2n) is 7.62. The third kappa shape index (κ3) is 4.93. The average Bonchev–Trinajstić information content (AvgIpc) is 3.22. The molecule has 2 aliphatic rings. The van der Waals surface area contributed by atoms with Crippen LogP contribution in [0.3, 0.4) is 0 Å². The van der Waals surface area contributed by atoms with E-state index in [0.717, 1.165) is 63.2 Å². The number of benzene rings is 1. The lowest BCUT2D eigenvalue weighted by Gasteiger charge is -2.34. The Morgan fingerprint density at radius 3 is 2.52 bits per heavy atom. The Bertz CT molecular complexity index is 656. The summed E-state index contributed by atoms with van der Waals surface area (Å²) in [5.41, 5.74) is 1.14. The molecule has 1 aromatic carbocycles. The van der Waals surface area contributed by atoms with Crippen molar-refractivity contribution in [3.05, 3.63) is 29.8 Å². The summed E-state index contributed by atoms with van der Waals surface area (Å²) < 4.78 is 5.25. The van der Waals surface area contributed by atoms with Gasteiger partial charge >= 0.3 is 6.03 Å². The minimum Gasteiger partial charge on any atom is -0.497 e. The molecule has 3 amide bonds. The van der Waals surface area contributed by atoms with E-state index in [2.05, 4.69) is 5.32 Å². The van der Waals surface area contributed by atoms with E-state index >= 15 is 0 Å². The quantitative estimate of drug-likeness (QED) is 0.863. The van der Waals surface area contributed by atoms with Gasteiger partial charge in [-0.3, -0.25) is 4.79 Å². The molecule has 2 aliphatic heterocycles. The topological polar surface area (TPSA) is 61.9 Å². The molecule has 0 saturated carbocycles. The maximum absolute atomic E-state index is 12.6. The summed E-state index contributed by atoms with van der Waals surface area (Å²) >= 11 is 0. The number of carbonyl (C=O) groups is 2. The van der Waals surface area contributed by atoms with Crippen molar-refractivity contribution in [2.45, 2.75) is 32.1 Å². The van der Waals surface area contributed by atoms with Crippen LogP contribution in [0.1, 0.15) is 31.2 Å². The highest BCUT2D eigenvalue weighted by Gasteiger charge is 2.34. The zero-order chi connectivity index (χ0) is 19.2. The molecule has 0 radical (unpaired) electrons. The van der Waals surface area contributed by atoms with E-state index in [1.54, 1.807) is 14.2 Å². The number of likely N-dealkylation sites (tertiary alicyclic amines) is 2. The lowest BCUT2D eigenvalue weighted by molar-refractivity contribution is -0.130. The first kappa shape index (κ1) is 19.5. The molecule has 3 rings (SSSR count). The summed E-state index contributed by atoms with van der Waals surface area (Å²) in [4.78, 5) is 28.3. The maximum atomic E-state index is 12.6. The van der Waals surface area contributed by atoms with E-state index in [4.69, 9.17) is 4.74 Å². The second-order valence-corrected chi connectivity index (χ2v) is 7.62. The number of nitrogens with one attached hydrogen (secondary N) is 1. The summed E-state index contributed by atoms with van der Waals surface area (Å²) in [6.07, 6.45) is 4.49. The zero-order valence-electron chi connectivity index (χ0n) is 16.4. The van der Waals surface area contributed by atoms with Gasteiger partial charge < -0.3 is 19.9 Å². The molecule has 148 valence electrons. The Hall–Kier alpha value is -2.24. The lowest BCUT2D eigenvalue weighted by atomic mass is 9.84. The van der Waals surface area contributed by atoms with E-state index in [-0.39, 0.29) is 11.9 Å². The fraction of sp³-hybridized carbons (Fsp3) is 0.619. The SMILES string of the molecule is CNC(=O)N1CCC(C2CCN(C(=O)CCc3cccc(OC)c3)C2)CC1. The molecule has 2 heterocycles. The number of piperidine rings is 1. The van der Waals surface area contributed by atoms with Gasteiger partial charge in [0.05, 0.1) is 7.11 Å². The molecule has 27 heavy (non-hydrogen) atoms. The fourth-order valence-corrected chi connectivity index (χ4v) is 4.37. The highest BCUT2D eigenvalue weighted by atomic mass is 16.5. The zero-order valence-corrected chi connectivity index (χ0v) is 16.4. The Balaban J connectivity index is 1.43. The highest BCUT2D eigenvalue weighted by molar-refractivity contribution is 5.76. The van der Waals surface area contributed by atoms with Crippen LogP contribution in [0.25, 0.3) is 0 Å². The Morgan fingerprint density at radius 2 is 1.81 bits per heavy atom. The molecular formula is C21H31N3O3. The molecule has 2 fully saturated rings. The van der Waals surface area contributed by atoms with Crippen LogP contribution in [0.2, 0.25) is 0 Å². The molecule has 1 aromatic rings. The van der Waals surface area contributed by atoms with Gasteiger partial charge in [0.25, 0.3) is 0 Å². The molecule has 1 unspecified atom stereocenters. The third-order valence-electron chi connectivity index (χ3n) is 6.05. The predicted molar refractivity (Wildman–Crippen MR) is 105 cm³/mol. The normalized spacial score (nSPS) is 20.6. The summed E-state index contributed by atoms with van der Waals surface area (Å²) in [7, 11) is 3.34. The highest BCUT2D eigenvalue weighted by Crippen LogP contribution is 2.32. The Labute approximate surface area is 161 Å². The molecular weight excluding hydrogens is 342 g/mol. The maximum Gasteiger partial charge on any atom is 0.317 e. The number of amides is 3. The number of carbonyl (C=O) groups excluding carboxylic acids is 2. The van der Waals surface area contributed by atoms with Crippen LogP contribution < -0.4 is 10.1 Å². The summed E-state index contributed by atoms with van der Waals surface area (Å²) in [5.74, 6) is 2.30. The summed E-state index contributed by atoms with van der Waals surface area (Å²) in [5, 5.41) is 2.70. The van der Waals surface area contributed by atoms with Crippen LogP contribution in [-0.2, 0) is 11.2 Å². The van der Waals surface area contributed by atoms with Gasteiger partial charge in [0.15, 0.2) is 0 Å². The van der Waals surface area contributed by atoms with Gasteiger partial charge in [-0.25, -0.2) is 4.79 Å². The predicted octanol–water partition coefficient (Wildman–Crippen LogP) is 2.53. The van der Waals surface area contributed by atoms with Gasteiger partial charge in [-0.05, 0) is 55.2 Å². The number of ether oxygens (including phenoxy) is 1. The first-order chi connectivity index (χ1) is 13.1. The molecule has 1 N–H and O–H groups in total. The van der Waals surface area contributed by atoms with Gasteiger partial charge in [0, 0.05) is 39.6 Å². The van der Waals surface area contributed by atoms with Crippen LogP contribution >= 0.6 is 0 Å². The largest absolute Gasteiger partial charge is 0.497 e. The van der Waals surface area contributed by atoms with Crippen LogP contribution in [0.15, 0.2) is 24.3 Å². The number of urea groups is 1. The van der Waals surface area contributed by atoms with Crippen molar-refractivity contribution in [3.63, 3.8) is 0 Å². The van der Waals surface area contributed by atoms with Gasteiger partial charge in [0.2, 0.25) is 5.91 Å². The smallest absolute Gasteiger partial charge is 0.317 e. The number of hydrogen-bond donors (Lipinski definition) is 1. The fourth-order valence-electron chi connectivity index (χ4n) is 4.37. The van der Waals surface area contributed by atoms with Gasteiger partial charge in [-0.15, -0.1) is 0 Å². The number of methoxy groups -OCH3 is 1. The summed E-state index contributed by atoms with van der Waals surface area (Å²) in [6.45, 7) is 3.40. The first-order valence-electron chi connectivity index (χ1n) is 9.98. The average molecular weight is 373 g/mol. The molecule has 1 atom stereocenters. The van der Waals surface area contributed by atoms with Gasteiger partial charge in [-0.2, -0.15) is 0 Å². The van der Waals surface area contributed by atoms with Crippen molar-refractivity contribution in [2.24, 2.45) is 11.8 Å². The number of nitrogens with zero attached hydrogens (tertiary/aromatic N) is 2. The minimum absolute atomic E-state index is 0.0224. The summed E-state index contributed by atoms with van der Waals surface area (Å²) in [6, 6.07) is 7.96. The number of aryl methyl sites for hydroxylation is 1. The van der Waals surface area contributed by atoms with Crippen LogP contribution in [-0.4, -0.2) is 62.1 Å². The monoisotopic (exact) mass is 373 g/mol. The van der Waals surface area contributed by atoms with Crippen molar-refractivity contribution in [1.29, 1.82) is 0 Å². The van der Waals surface area contributed by atoms with Gasteiger partial charge in [0.1, 0.15) is 5.75 Å². The lowest BCUT2D eigenvalue weighted by Crippen LogP contribution is -2.44. The molecule has 0 aromatic heterocycles. The molecule has 0 spiro atoms. The van der Waals surface area contributed by atoms with Crippen molar-refractivity contribution >= 4 is 11.9 Å². The number of rotatable bonds is 5. The van der Waals surface area contributed by atoms with Crippen molar-refractivity contribution in [3.8, 4) is 5.75 Å². The molecule has 6 nitrogen and oxygen atoms in total. The molecule has 6 heteroatoms. The first-order valence-corrected chi connectivity index (χ1v) is 9.98. The van der Waals surface area contributed by atoms with E-state index < -0.39 is 0 Å². The third-order valence-corrected chi connectivity index (χ3v) is 6.05. The van der Waals surface area contributed by atoms with Gasteiger partial charge in [-0.1, -0.05) is 12.1 Å². The Kier molecular flexibility index (Phi) is 6.58. The number of hydrogen-bond acceptors (Lipinski definition) is 3. The standard InChI is InChI=1S/C21H31N3O3/c1-22-21(26)23-11-8-17(9-12-23)18-10-13-24(15-18)20(25)7-6-16-4-3-5-19(14-16)27-2/h3-5,14,17-18H,6-13,15H2,1-2H3,(H,22,26). The van der Waals surface area contributed by atoms with Crippen LogP contribution in [0.5, 0.6) is 5.75 Å². The van der Waals surface area contributed by atoms with E-state index in [9.17, 15) is 9.59 Å². The van der Waals surface area contributed by atoms with Crippen molar-refractivity contribution in [1.82, 2.24) is 15.1 Å².